The maximum absolute atomic E-state index is 6.36. The van der Waals surface area contributed by atoms with E-state index in [1.807, 2.05) is 25.3 Å². The van der Waals surface area contributed by atoms with Crippen molar-refractivity contribution >= 4 is 10.9 Å². The van der Waals surface area contributed by atoms with E-state index < -0.39 is 0 Å². The Morgan fingerprint density at radius 1 is 1.22 bits per heavy atom. The number of likely N-dealkylation sites (N-methyl/N-ethyl adjacent to an activating group) is 1. The van der Waals surface area contributed by atoms with Gasteiger partial charge in [-0.3, -0.25) is 9.88 Å². The largest absolute Gasteiger partial charge is 0.484 e. The normalized spacial score (nSPS) is 30.2. The third kappa shape index (κ3) is 3.48. The van der Waals surface area contributed by atoms with Gasteiger partial charge in [0.05, 0.1) is 43.7 Å². The van der Waals surface area contributed by atoms with Crippen LogP contribution in [0, 0.1) is 0 Å². The number of fused-ring (bicyclic) bond motifs is 3. The first-order chi connectivity index (χ1) is 17.4. The van der Waals surface area contributed by atoms with Gasteiger partial charge in [-0.15, -0.1) is 5.10 Å². The van der Waals surface area contributed by atoms with Crippen molar-refractivity contribution in [2.24, 2.45) is 0 Å². The molecule has 2 aromatic heterocycles. The molecule has 1 aliphatic carbocycles. The molecule has 1 unspecified atom stereocenters. The second-order valence-electron chi connectivity index (χ2n) is 11.5. The number of hydrogen-bond acceptors (Lipinski definition) is 8. The molecule has 3 aromatic rings. The minimum atomic E-state index is -0.203. The maximum atomic E-state index is 6.36. The highest BCUT2D eigenvalue weighted by molar-refractivity contribution is 5.84. The number of aromatic nitrogens is 4. The van der Waals surface area contributed by atoms with Crippen molar-refractivity contribution in [3.8, 4) is 5.75 Å². The number of ether oxygens (including phenoxy) is 3. The lowest BCUT2D eigenvalue weighted by Crippen LogP contribution is -2.62. The molecule has 6 heterocycles. The number of morpholine rings is 1. The Labute approximate surface area is 211 Å². The molecule has 3 saturated heterocycles. The zero-order chi connectivity index (χ0) is 24.5. The Kier molecular flexibility index (Phi) is 5.15. The van der Waals surface area contributed by atoms with Gasteiger partial charge in [0, 0.05) is 36.3 Å². The van der Waals surface area contributed by atoms with Gasteiger partial charge in [-0.2, -0.15) is 0 Å². The monoisotopic (exact) mass is 490 g/mol. The molecule has 0 amide bonds. The highest BCUT2D eigenvalue weighted by Crippen LogP contribution is 2.59. The fraction of sp³-hybridized carbons (Fsp3) is 0.593. The molecule has 9 nitrogen and oxygen atoms in total. The quantitative estimate of drug-likeness (QED) is 0.522. The van der Waals surface area contributed by atoms with E-state index in [1.54, 1.807) is 0 Å². The Bertz CT molecular complexity index is 1300. The van der Waals surface area contributed by atoms with E-state index in [-0.39, 0.29) is 17.2 Å². The van der Waals surface area contributed by atoms with E-state index >= 15 is 0 Å². The highest BCUT2D eigenvalue weighted by Gasteiger charge is 2.69. The Balaban J connectivity index is 1.09. The first-order valence-electron chi connectivity index (χ1n) is 13.0. The van der Waals surface area contributed by atoms with Gasteiger partial charge in [0.1, 0.15) is 17.5 Å². The maximum Gasteiger partial charge on any atom is 0.141 e. The van der Waals surface area contributed by atoms with Crippen LogP contribution < -0.4 is 4.74 Å². The number of benzene rings is 1. The lowest BCUT2D eigenvalue weighted by atomic mass is 9.67. The molecule has 8 rings (SSSR count). The number of rotatable bonds is 6. The van der Waals surface area contributed by atoms with Gasteiger partial charge >= 0.3 is 0 Å². The Hall–Kier alpha value is -2.59. The number of pyridine rings is 1. The lowest BCUT2D eigenvalue weighted by Gasteiger charge is -2.51. The summed E-state index contributed by atoms with van der Waals surface area (Å²) in [5, 5.41) is 10.3. The van der Waals surface area contributed by atoms with Crippen molar-refractivity contribution in [2.75, 3.05) is 47.0 Å². The molecule has 1 saturated carbocycles. The van der Waals surface area contributed by atoms with E-state index in [9.17, 15) is 0 Å². The van der Waals surface area contributed by atoms with Crippen LogP contribution in [-0.2, 0) is 28.0 Å². The SMILES string of the molecule is C[C@@H](Oc1ccc2ncc3c(c2c1)CCOC3)c1cn(C23CN4C(CN(C)C)COCC4(C2)C3)nn1. The van der Waals surface area contributed by atoms with Gasteiger partial charge in [0.25, 0.3) is 0 Å². The van der Waals surface area contributed by atoms with E-state index in [0.717, 1.165) is 74.5 Å². The van der Waals surface area contributed by atoms with E-state index in [1.165, 1.54) is 11.1 Å². The van der Waals surface area contributed by atoms with E-state index in [0.29, 0.717) is 12.6 Å². The average Bonchev–Trinajstić information content (AvgIpc) is 3.56. The third-order valence-electron chi connectivity index (χ3n) is 8.61. The molecule has 1 spiro atoms. The van der Waals surface area contributed by atoms with Crippen molar-refractivity contribution in [1.82, 2.24) is 29.8 Å². The lowest BCUT2D eigenvalue weighted by molar-refractivity contribution is -0.104. The standard InChI is InChI=1S/C27H34N6O3/c1-18(36-21-4-5-24-23(8-21)22-6-7-34-12-19(22)9-28-24)25-11-33(30-29-25)26-14-27(15-26)17-35-13-20(10-31(2)3)32(27)16-26/h4-5,8-9,11,18,20H,6-7,10,12-17H2,1-3H3/t18-,20?,26?,27?/m1/s1. The van der Waals surface area contributed by atoms with Crippen molar-refractivity contribution in [3.05, 3.63) is 47.4 Å². The third-order valence-corrected chi connectivity index (χ3v) is 8.61. The van der Waals surface area contributed by atoms with Crippen LogP contribution in [0.4, 0.5) is 0 Å². The van der Waals surface area contributed by atoms with Crippen molar-refractivity contribution in [1.29, 1.82) is 0 Å². The molecule has 5 aliphatic rings. The first kappa shape index (κ1) is 22.6. The Morgan fingerprint density at radius 2 is 2.11 bits per heavy atom. The van der Waals surface area contributed by atoms with Crippen LogP contribution >= 0.6 is 0 Å². The van der Waals surface area contributed by atoms with Crippen LogP contribution in [0.2, 0.25) is 0 Å². The predicted molar refractivity (Wildman–Crippen MR) is 134 cm³/mol. The van der Waals surface area contributed by atoms with Crippen molar-refractivity contribution in [3.63, 3.8) is 0 Å². The minimum absolute atomic E-state index is 0.0129. The molecule has 4 fully saturated rings. The second kappa shape index (κ2) is 8.21. The fourth-order valence-corrected chi connectivity index (χ4v) is 7.03. The molecule has 190 valence electrons. The topological polar surface area (TPSA) is 77.8 Å². The molecule has 9 heteroatoms. The van der Waals surface area contributed by atoms with Crippen molar-refractivity contribution < 1.29 is 14.2 Å². The van der Waals surface area contributed by atoms with Gasteiger partial charge in [-0.25, -0.2) is 4.68 Å². The zero-order valence-electron chi connectivity index (χ0n) is 21.3. The summed E-state index contributed by atoms with van der Waals surface area (Å²) < 4.78 is 20.1. The first-order valence-corrected chi connectivity index (χ1v) is 13.0. The summed E-state index contributed by atoms with van der Waals surface area (Å²) in [6, 6.07) is 6.58. The second-order valence-corrected chi connectivity index (χ2v) is 11.5. The van der Waals surface area contributed by atoms with Gasteiger partial charge in [0.2, 0.25) is 0 Å². The summed E-state index contributed by atoms with van der Waals surface area (Å²) >= 11 is 0. The van der Waals surface area contributed by atoms with Crippen LogP contribution in [-0.4, -0.2) is 88.4 Å². The van der Waals surface area contributed by atoms with Crippen LogP contribution in [0.1, 0.15) is 42.7 Å². The molecule has 0 radical (unpaired) electrons. The summed E-state index contributed by atoms with van der Waals surface area (Å²) in [6.45, 7) is 7.09. The van der Waals surface area contributed by atoms with E-state index in [2.05, 4.69) is 56.1 Å². The summed E-state index contributed by atoms with van der Waals surface area (Å²) in [5.41, 5.74) is 4.52. The van der Waals surface area contributed by atoms with Gasteiger partial charge in [0.15, 0.2) is 0 Å². The summed E-state index contributed by atoms with van der Waals surface area (Å²) in [7, 11) is 4.27. The average molecular weight is 491 g/mol. The number of hydrogen-bond donors (Lipinski definition) is 0. The highest BCUT2D eigenvalue weighted by atomic mass is 16.5. The van der Waals surface area contributed by atoms with Crippen LogP contribution in [0.3, 0.4) is 0 Å². The van der Waals surface area contributed by atoms with Crippen LogP contribution in [0.15, 0.2) is 30.6 Å². The van der Waals surface area contributed by atoms with Crippen molar-refractivity contribution in [2.45, 2.75) is 56.0 Å². The Morgan fingerprint density at radius 3 is 2.97 bits per heavy atom. The zero-order valence-corrected chi connectivity index (χ0v) is 21.3. The molecule has 36 heavy (non-hydrogen) atoms. The van der Waals surface area contributed by atoms with Gasteiger partial charge in [-0.1, -0.05) is 5.21 Å². The molecule has 4 aliphatic heterocycles. The molecule has 2 atom stereocenters. The fourth-order valence-electron chi connectivity index (χ4n) is 7.03. The van der Waals surface area contributed by atoms with Crippen LogP contribution in [0.5, 0.6) is 5.75 Å². The molecular weight excluding hydrogens is 456 g/mol. The predicted octanol–water partition coefficient (Wildman–Crippen LogP) is 2.54. The van der Waals surface area contributed by atoms with E-state index in [4.69, 9.17) is 14.2 Å². The van der Waals surface area contributed by atoms with Gasteiger partial charge in [-0.05, 0) is 69.6 Å². The molecular formula is C27H34N6O3. The summed E-state index contributed by atoms with van der Waals surface area (Å²) in [5.74, 6) is 0.827. The van der Waals surface area contributed by atoms with Crippen LogP contribution in [0.25, 0.3) is 10.9 Å². The molecule has 1 aromatic carbocycles. The van der Waals surface area contributed by atoms with Gasteiger partial charge < -0.3 is 19.1 Å². The smallest absolute Gasteiger partial charge is 0.141 e. The molecule has 2 bridgehead atoms. The molecule has 0 N–H and O–H groups in total. The summed E-state index contributed by atoms with van der Waals surface area (Å²) in [6.07, 6.45) is 6.89. The number of nitrogens with zero attached hydrogens (tertiary/aromatic N) is 6. The minimum Gasteiger partial charge on any atom is -0.484 e. The summed E-state index contributed by atoms with van der Waals surface area (Å²) in [4.78, 5) is 9.55.